The van der Waals surface area contributed by atoms with Crippen LogP contribution in [0.4, 0.5) is 4.79 Å². The van der Waals surface area contributed by atoms with Crippen LogP contribution in [0.5, 0.6) is 0 Å². The van der Waals surface area contributed by atoms with Crippen molar-refractivity contribution in [2.75, 3.05) is 6.54 Å². The van der Waals surface area contributed by atoms with Gasteiger partial charge in [0.15, 0.2) is 0 Å². The Balaban J connectivity index is 1.73. The molecule has 2 atom stereocenters. The van der Waals surface area contributed by atoms with Gasteiger partial charge in [0, 0.05) is 29.2 Å². The lowest BCUT2D eigenvalue weighted by Crippen LogP contribution is -2.57. The number of ether oxygens (including phenoxy) is 1. The number of aliphatic carboxylic acids is 1. The third kappa shape index (κ3) is 5.18. The number of carbonyl (C=O) groups excluding carboxylic acids is 2. The Morgan fingerprint density at radius 2 is 1.97 bits per heavy atom. The maximum absolute atomic E-state index is 12.7. The van der Waals surface area contributed by atoms with Gasteiger partial charge < -0.3 is 15.2 Å². The molecule has 1 aromatic carbocycles. The highest BCUT2D eigenvalue weighted by atomic mass is 35.5. The number of nitrogens with one attached hydrogen (secondary N) is 1. The largest absolute Gasteiger partial charge is 0.480 e. The van der Waals surface area contributed by atoms with Crippen LogP contribution in [0, 0.1) is 0 Å². The summed E-state index contributed by atoms with van der Waals surface area (Å²) in [5.41, 5.74) is 0.293. The minimum atomic E-state index is -1.09. The standard InChI is InChI=1S/C21H24ClN3O5/c1-21(2,3)30-20(29)25-11-15(6-7-17(25)19(27)28)24-18(26)13-8-12-4-5-14(22)9-16(12)23-10-13/h4-5,8-10,15,17H,6-7,11H2,1-3H3,(H,24,26)(H,27,28)/t15-,17+/m0/s1. The fourth-order valence-electron chi connectivity index (χ4n) is 3.36. The highest BCUT2D eigenvalue weighted by Gasteiger charge is 2.38. The summed E-state index contributed by atoms with van der Waals surface area (Å²) in [6, 6.07) is 5.54. The molecule has 1 aromatic heterocycles. The van der Waals surface area contributed by atoms with E-state index in [1.54, 1.807) is 45.0 Å². The van der Waals surface area contributed by atoms with Crippen LogP contribution in [0.3, 0.4) is 0 Å². The first-order chi connectivity index (χ1) is 14.0. The third-order valence-corrected chi connectivity index (χ3v) is 4.97. The van der Waals surface area contributed by atoms with Gasteiger partial charge in [-0.05, 0) is 51.8 Å². The van der Waals surface area contributed by atoms with Gasteiger partial charge in [-0.3, -0.25) is 14.7 Å². The normalized spacial score (nSPS) is 19.4. The maximum Gasteiger partial charge on any atom is 0.411 e. The number of pyridine rings is 1. The lowest BCUT2D eigenvalue weighted by molar-refractivity contribution is -0.144. The fraction of sp³-hybridized carbons (Fsp3) is 0.429. The number of rotatable bonds is 3. The maximum atomic E-state index is 12.7. The van der Waals surface area contributed by atoms with Crippen molar-refractivity contribution < 1.29 is 24.2 Å². The molecule has 0 saturated carbocycles. The van der Waals surface area contributed by atoms with Crippen LogP contribution < -0.4 is 5.32 Å². The van der Waals surface area contributed by atoms with Crippen molar-refractivity contribution in [2.24, 2.45) is 0 Å². The molecule has 2 amide bonds. The van der Waals surface area contributed by atoms with Crippen molar-refractivity contribution in [1.82, 2.24) is 15.2 Å². The monoisotopic (exact) mass is 433 g/mol. The molecule has 0 spiro atoms. The van der Waals surface area contributed by atoms with E-state index in [2.05, 4.69) is 10.3 Å². The molecule has 1 aliphatic rings. The molecular weight excluding hydrogens is 410 g/mol. The minimum Gasteiger partial charge on any atom is -0.480 e. The summed E-state index contributed by atoms with van der Waals surface area (Å²) in [6.07, 6.45) is 1.40. The lowest BCUT2D eigenvalue weighted by Gasteiger charge is -2.38. The van der Waals surface area contributed by atoms with E-state index in [4.69, 9.17) is 16.3 Å². The molecule has 3 rings (SSSR count). The zero-order valence-electron chi connectivity index (χ0n) is 17.0. The number of carboxylic acids is 1. The number of hydrogen-bond donors (Lipinski definition) is 2. The van der Waals surface area contributed by atoms with E-state index in [0.717, 1.165) is 5.39 Å². The number of carboxylic acid groups (broad SMARTS) is 1. The van der Waals surface area contributed by atoms with E-state index in [-0.39, 0.29) is 18.9 Å². The molecule has 0 radical (unpaired) electrons. The molecule has 2 N–H and O–H groups in total. The Bertz CT molecular complexity index is 988. The van der Waals surface area contributed by atoms with Crippen LogP contribution in [0.1, 0.15) is 44.0 Å². The number of likely N-dealkylation sites (tertiary alicyclic amines) is 1. The summed E-state index contributed by atoms with van der Waals surface area (Å²) in [5, 5.41) is 13.7. The van der Waals surface area contributed by atoms with Crippen molar-refractivity contribution in [2.45, 2.75) is 51.3 Å². The van der Waals surface area contributed by atoms with E-state index in [1.807, 2.05) is 0 Å². The van der Waals surface area contributed by atoms with Crippen LogP contribution in [0.2, 0.25) is 5.02 Å². The van der Waals surface area contributed by atoms with Crippen LogP contribution in [0.25, 0.3) is 10.9 Å². The van der Waals surface area contributed by atoms with Crippen LogP contribution in [0.15, 0.2) is 30.5 Å². The van der Waals surface area contributed by atoms with Crippen molar-refractivity contribution in [3.05, 3.63) is 41.0 Å². The molecule has 8 nitrogen and oxygen atoms in total. The number of carbonyl (C=O) groups is 3. The number of halogens is 1. The Kier molecular flexibility index (Phi) is 6.17. The van der Waals surface area contributed by atoms with Gasteiger partial charge in [0.1, 0.15) is 11.6 Å². The van der Waals surface area contributed by atoms with E-state index < -0.39 is 29.7 Å². The molecule has 2 aromatic rings. The number of aromatic nitrogens is 1. The van der Waals surface area contributed by atoms with Crippen LogP contribution in [-0.2, 0) is 9.53 Å². The SMILES string of the molecule is CC(C)(C)OC(=O)N1C[C@@H](NC(=O)c2cnc3cc(Cl)ccc3c2)CC[C@@H]1C(=O)O. The third-order valence-electron chi connectivity index (χ3n) is 4.74. The molecule has 1 aliphatic heterocycles. The average molecular weight is 434 g/mol. The van der Waals surface area contributed by atoms with E-state index >= 15 is 0 Å². The van der Waals surface area contributed by atoms with Gasteiger partial charge in [0.25, 0.3) is 5.91 Å². The molecule has 0 bridgehead atoms. The number of piperidine rings is 1. The first kappa shape index (κ1) is 21.8. The lowest BCUT2D eigenvalue weighted by atomic mass is 9.98. The smallest absolute Gasteiger partial charge is 0.411 e. The van der Waals surface area contributed by atoms with Gasteiger partial charge in [0.2, 0.25) is 0 Å². The quantitative estimate of drug-likeness (QED) is 0.767. The predicted octanol–water partition coefficient (Wildman–Crippen LogP) is 3.47. The molecule has 9 heteroatoms. The van der Waals surface area contributed by atoms with Crippen LogP contribution >= 0.6 is 11.6 Å². The van der Waals surface area contributed by atoms with Crippen LogP contribution in [-0.4, -0.2) is 57.2 Å². The predicted molar refractivity (Wildman–Crippen MR) is 112 cm³/mol. The minimum absolute atomic E-state index is 0.0498. The van der Waals surface area contributed by atoms with Gasteiger partial charge >= 0.3 is 12.1 Å². The molecule has 1 saturated heterocycles. The Labute approximate surface area is 179 Å². The topological polar surface area (TPSA) is 109 Å². The number of benzene rings is 1. The Hall–Kier alpha value is -2.87. The number of hydrogen-bond acceptors (Lipinski definition) is 5. The van der Waals surface area contributed by atoms with Gasteiger partial charge in [0.05, 0.1) is 11.1 Å². The average Bonchev–Trinajstić information content (AvgIpc) is 2.65. The van der Waals surface area contributed by atoms with E-state index in [1.165, 1.54) is 11.1 Å². The Morgan fingerprint density at radius 1 is 1.23 bits per heavy atom. The molecule has 0 unspecified atom stereocenters. The van der Waals surface area contributed by atoms with Crippen molar-refractivity contribution in [1.29, 1.82) is 0 Å². The zero-order chi connectivity index (χ0) is 22.1. The Morgan fingerprint density at radius 3 is 2.63 bits per heavy atom. The summed E-state index contributed by atoms with van der Waals surface area (Å²) in [4.78, 5) is 42.2. The molecule has 0 aliphatic carbocycles. The summed E-state index contributed by atoms with van der Waals surface area (Å²) in [7, 11) is 0. The summed E-state index contributed by atoms with van der Waals surface area (Å²) in [6.45, 7) is 5.19. The van der Waals surface area contributed by atoms with Crippen molar-refractivity contribution >= 4 is 40.5 Å². The molecule has 2 heterocycles. The van der Waals surface area contributed by atoms with Gasteiger partial charge in [-0.15, -0.1) is 0 Å². The van der Waals surface area contributed by atoms with Gasteiger partial charge in [-0.2, -0.15) is 0 Å². The van der Waals surface area contributed by atoms with Crippen molar-refractivity contribution in [3.63, 3.8) is 0 Å². The summed E-state index contributed by atoms with van der Waals surface area (Å²) >= 11 is 5.96. The zero-order valence-corrected chi connectivity index (χ0v) is 17.8. The second-order valence-corrected chi connectivity index (χ2v) is 8.73. The summed E-state index contributed by atoms with van der Waals surface area (Å²) in [5.74, 6) is -1.44. The molecule has 160 valence electrons. The highest BCUT2D eigenvalue weighted by molar-refractivity contribution is 6.31. The first-order valence-electron chi connectivity index (χ1n) is 9.62. The van der Waals surface area contributed by atoms with E-state index in [9.17, 15) is 19.5 Å². The first-order valence-corrected chi connectivity index (χ1v) is 10.00. The fourth-order valence-corrected chi connectivity index (χ4v) is 3.52. The molecular formula is C21H24ClN3O5. The number of fused-ring (bicyclic) bond motifs is 1. The second-order valence-electron chi connectivity index (χ2n) is 8.30. The molecule has 1 fully saturated rings. The molecule has 30 heavy (non-hydrogen) atoms. The summed E-state index contributed by atoms with van der Waals surface area (Å²) < 4.78 is 5.34. The number of nitrogens with zero attached hydrogens (tertiary/aromatic N) is 2. The van der Waals surface area contributed by atoms with E-state index in [0.29, 0.717) is 22.5 Å². The second kappa shape index (κ2) is 8.47. The number of amides is 2. The van der Waals surface area contributed by atoms with Gasteiger partial charge in [-0.1, -0.05) is 17.7 Å². The van der Waals surface area contributed by atoms with Crippen molar-refractivity contribution in [3.8, 4) is 0 Å². The highest BCUT2D eigenvalue weighted by Crippen LogP contribution is 2.22. The van der Waals surface area contributed by atoms with Gasteiger partial charge in [-0.25, -0.2) is 9.59 Å².